The number of anilines is 1. The molecule has 0 spiro atoms. The molecule has 0 bridgehead atoms. The van der Waals surface area contributed by atoms with Crippen LogP contribution in [0.5, 0.6) is 0 Å². The molecule has 2 aromatic rings. The summed E-state index contributed by atoms with van der Waals surface area (Å²) < 4.78 is 6.68. The molecule has 0 saturated carbocycles. The zero-order valence-corrected chi connectivity index (χ0v) is 19.2. The Labute approximate surface area is 174 Å². The normalized spacial score (nSPS) is 15.8. The molecule has 0 saturated heterocycles. The Bertz CT molecular complexity index is 812. The molecule has 0 fully saturated rings. The fraction of sp³-hybridized carbons (Fsp3) is 0.364. The summed E-state index contributed by atoms with van der Waals surface area (Å²) in [5.74, 6) is 0.564. The van der Waals surface area contributed by atoms with Gasteiger partial charge in [0.05, 0.1) is 0 Å². The molecular formula is C22H28Cl2N2Ti. The van der Waals surface area contributed by atoms with Crippen LogP contribution in [0.2, 0.25) is 0 Å². The molecule has 1 unspecified atom stereocenters. The van der Waals surface area contributed by atoms with E-state index in [9.17, 15) is 0 Å². The number of unbranched alkanes of at least 4 members (excludes halogenated alkanes) is 1. The molecule has 2 aromatic carbocycles. The maximum atomic E-state index is 6.28. The van der Waals surface area contributed by atoms with E-state index in [-0.39, 0.29) is 0 Å². The molecule has 5 heteroatoms. The van der Waals surface area contributed by atoms with Gasteiger partial charge in [-0.05, 0) is 0 Å². The fourth-order valence-electron chi connectivity index (χ4n) is 3.81. The number of aryl methyl sites for hydroxylation is 1. The van der Waals surface area contributed by atoms with Crippen LogP contribution in [0.1, 0.15) is 47.4 Å². The van der Waals surface area contributed by atoms with Crippen LogP contribution in [0, 0.1) is 0 Å². The van der Waals surface area contributed by atoms with Crippen molar-refractivity contribution in [2.75, 3.05) is 19.0 Å². The van der Waals surface area contributed by atoms with Gasteiger partial charge in [0.25, 0.3) is 0 Å². The Morgan fingerprint density at radius 1 is 1.04 bits per heavy atom. The van der Waals surface area contributed by atoms with Crippen molar-refractivity contribution in [2.24, 2.45) is 4.22 Å². The number of hydrogen-bond donors (Lipinski definition) is 1. The van der Waals surface area contributed by atoms with Crippen LogP contribution < -0.4 is 9.12 Å². The first-order valence-corrected chi connectivity index (χ1v) is 15.9. The molecule has 1 aliphatic rings. The van der Waals surface area contributed by atoms with Crippen LogP contribution in [0.25, 0.3) is 6.08 Å². The number of rotatable bonds is 8. The summed E-state index contributed by atoms with van der Waals surface area (Å²) in [5.41, 5.74) is 6.57. The topological polar surface area (TPSA) is 29.3 Å². The second-order valence-electron chi connectivity index (χ2n) is 7.63. The molecule has 3 rings (SSSR count). The molecule has 0 heterocycles. The zero-order valence-electron chi connectivity index (χ0n) is 16.1. The summed E-state index contributed by atoms with van der Waals surface area (Å²) in [6.07, 6.45) is 9.21. The third kappa shape index (κ3) is 5.86. The minimum atomic E-state index is -3.18. The van der Waals surface area contributed by atoms with Crippen molar-refractivity contribution in [3.63, 3.8) is 0 Å². The van der Waals surface area contributed by atoms with Gasteiger partial charge in [0.15, 0.2) is 0 Å². The SMILES string of the molecule is CN(C)c1ccc(CCCCC2C=Cc3ccccc32)c([CH2][Ti]([NH2])([Cl])[Cl])c1. The number of allylic oxidation sites excluding steroid dienone is 1. The molecule has 2 N–H and O–H groups in total. The maximum absolute atomic E-state index is 6.28. The zero-order chi connectivity index (χ0) is 19.4. The molecular weight excluding hydrogens is 411 g/mol. The van der Waals surface area contributed by atoms with Gasteiger partial charge in [-0.15, -0.1) is 0 Å². The molecule has 144 valence electrons. The Balaban J connectivity index is 1.60. The van der Waals surface area contributed by atoms with Crippen molar-refractivity contribution in [1.82, 2.24) is 0 Å². The number of fused-ring (bicyclic) bond motifs is 1. The van der Waals surface area contributed by atoms with E-state index in [1.807, 2.05) is 14.1 Å². The van der Waals surface area contributed by atoms with Gasteiger partial charge in [0.2, 0.25) is 0 Å². The molecule has 0 amide bonds. The van der Waals surface area contributed by atoms with Gasteiger partial charge in [0.1, 0.15) is 0 Å². The van der Waals surface area contributed by atoms with Gasteiger partial charge >= 0.3 is 175 Å². The van der Waals surface area contributed by atoms with Crippen molar-refractivity contribution < 1.29 is 14.7 Å². The van der Waals surface area contributed by atoms with E-state index in [0.29, 0.717) is 10.6 Å². The van der Waals surface area contributed by atoms with Gasteiger partial charge in [-0.25, -0.2) is 0 Å². The Kier molecular flexibility index (Phi) is 7.11. The summed E-state index contributed by atoms with van der Waals surface area (Å²) in [4.78, 5) is 2.10. The van der Waals surface area contributed by atoms with Gasteiger partial charge in [0, 0.05) is 0 Å². The molecule has 1 atom stereocenters. The van der Waals surface area contributed by atoms with Crippen LogP contribution >= 0.6 is 18.6 Å². The van der Waals surface area contributed by atoms with E-state index in [0.717, 1.165) is 12.8 Å². The first-order chi connectivity index (χ1) is 12.8. The average molecular weight is 439 g/mol. The molecule has 0 aromatic heterocycles. The van der Waals surface area contributed by atoms with Crippen molar-refractivity contribution in [3.8, 4) is 0 Å². The third-order valence-electron chi connectivity index (χ3n) is 5.25. The van der Waals surface area contributed by atoms with Crippen molar-refractivity contribution >= 4 is 30.4 Å². The predicted octanol–water partition coefficient (Wildman–Crippen LogP) is 6.11. The number of hydrogen-bond acceptors (Lipinski definition) is 2. The van der Waals surface area contributed by atoms with E-state index in [2.05, 4.69) is 59.5 Å². The predicted molar refractivity (Wildman–Crippen MR) is 116 cm³/mol. The average Bonchev–Trinajstić information content (AvgIpc) is 3.01. The summed E-state index contributed by atoms with van der Waals surface area (Å²) in [7, 11) is 16.6. The molecule has 1 aliphatic carbocycles. The summed E-state index contributed by atoms with van der Waals surface area (Å²) in [6, 6.07) is 15.3. The van der Waals surface area contributed by atoms with Crippen molar-refractivity contribution in [3.05, 3.63) is 70.8 Å². The standard InChI is InChI=1S/C22H26N.2ClH.H2N.Ti/c1-17-16-21(23(2)3)15-14-18(17)8-4-5-9-19-12-13-20-10-6-7-11-22(19)20;;;;/h6-7,10-16,19H,1,4-5,8-9H2,2-3H3;2*1H;1H2;/q;;;-1;+3/p-2. The Hall–Kier alpha value is -0.766. The number of nitrogens with zero attached hydrogens (tertiary/aromatic N) is 1. The second kappa shape index (κ2) is 9.16. The van der Waals surface area contributed by atoms with Crippen molar-refractivity contribution in [1.29, 1.82) is 0 Å². The quantitative estimate of drug-likeness (QED) is 0.397. The van der Waals surface area contributed by atoms with Crippen molar-refractivity contribution in [2.45, 2.75) is 36.3 Å². The van der Waals surface area contributed by atoms with E-state index in [1.165, 1.54) is 40.8 Å². The van der Waals surface area contributed by atoms with Gasteiger partial charge in [-0.2, -0.15) is 0 Å². The third-order valence-corrected chi connectivity index (χ3v) is 7.68. The van der Waals surface area contributed by atoms with E-state index in [4.69, 9.17) is 22.8 Å². The first kappa shape index (κ1) is 21.0. The number of benzene rings is 2. The van der Waals surface area contributed by atoms with Crippen LogP contribution in [0.3, 0.4) is 0 Å². The van der Waals surface area contributed by atoms with Gasteiger partial charge < -0.3 is 0 Å². The van der Waals surface area contributed by atoms with Gasteiger partial charge in [-0.3, -0.25) is 0 Å². The summed E-state index contributed by atoms with van der Waals surface area (Å²) in [6.45, 7) is 0. The summed E-state index contributed by atoms with van der Waals surface area (Å²) >= 11 is -3.18. The number of nitrogens with two attached hydrogens (primary N) is 1. The fourth-order valence-corrected chi connectivity index (χ4v) is 6.30. The number of halogens is 2. The Morgan fingerprint density at radius 3 is 2.56 bits per heavy atom. The Morgan fingerprint density at radius 2 is 1.81 bits per heavy atom. The summed E-state index contributed by atoms with van der Waals surface area (Å²) in [5, 5.41) is 0. The molecule has 0 radical (unpaired) electrons. The van der Waals surface area contributed by atoms with Crippen LogP contribution in [-0.2, 0) is 25.9 Å². The molecule has 27 heavy (non-hydrogen) atoms. The minimum absolute atomic E-state index is 0.564. The van der Waals surface area contributed by atoms with Crippen LogP contribution in [0.4, 0.5) is 5.69 Å². The van der Waals surface area contributed by atoms with E-state index in [1.54, 1.807) is 0 Å². The van der Waals surface area contributed by atoms with Crippen LogP contribution in [0.15, 0.2) is 48.5 Å². The monoisotopic (exact) mass is 438 g/mol. The second-order valence-corrected chi connectivity index (χ2v) is 16.9. The van der Waals surface area contributed by atoms with E-state index < -0.39 is 14.7 Å². The molecule has 0 aliphatic heterocycles. The first-order valence-electron chi connectivity index (χ1n) is 9.56. The van der Waals surface area contributed by atoms with Crippen LogP contribution in [-0.4, -0.2) is 14.1 Å². The van der Waals surface area contributed by atoms with E-state index >= 15 is 0 Å². The van der Waals surface area contributed by atoms with Gasteiger partial charge in [-0.1, -0.05) is 0 Å². The molecule has 2 nitrogen and oxygen atoms in total.